The fourth-order valence-corrected chi connectivity index (χ4v) is 1.89. The first-order valence-electron chi connectivity index (χ1n) is 5.86. The molecule has 1 aliphatic rings. The Morgan fingerprint density at radius 2 is 2.37 bits per heavy atom. The quantitative estimate of drug-likeness (QED) is 0.533. The molecule has 4 N–H and O–H groups in total. The number of H-pyrrole nitrogens is 1. The molecule has 1 fully saturated rings. The van der Waals surface area contributed by atoms with Crippen molar-refractivity contribution in [2.24, 2.45) is 0 Å². The molecule has 0 saturated carbocycles. The van der Waals surface area contributed by atoms with Gasteiger partial charge < -0.3 is 20.7 Å². The summed E-state index contributed by atoms with van der Waals surface area (Å²) in [6, 6.07) is -1.71. The first kappa shape index (κ1) is 13.1. The maximum atomic E-state index is 11.8. The van der Waals surface area contributed by atoms with Crippen LogP contribution >= 0.6 is 0 Å². The predicted molar refractivity (Wildman–Crippen MR) is 63.0 cm³/mol. The number of aliphatic carboxylic acids is 1. The molecule has 1 aromatic rings. The molecule has 0 spiro atoms. The van der Waals surface area contributed by atoms with Gasteiger partial charge in [-0.25, -0.2) is 9.78 Å². The Kier molecular flexibility index (Phi) is 3.79. The fraction of sp³-hybridized carbons (Fsp3) is 0.455. The highest BCUT2D eigenvalue weighted by Crippen LogP contribution is 2.07. The molecule has 1 saturated heterocycles. The van der Waals surface area contributed by atoms with Crippen molar-refractivity contribution >= 4 is 17.8 Å². The minimum atomic E-state index is -1.14. The number of carboxylic acids is 1. The molecule has 2 amide bonds. The maximum absolute atomic E-state index is 11.8. The van der Waals surface area contributed by atoms with Gasteiger partial charge in [0.05, 0.1) is 12.0 Å². The third-order valence-corrected chi connectivity index (χ3v) is 2.89. The summed E-state index contributed by atoms with van der Waals surface area (Å²) in [5.74, 6) is -1.81. The predicted octanol–water partition coefficient (Wildman–Crippen LogP) is -1.20. The van der Waals surface area contributed by atoms with E-state index in [-0.39, 0.29) is 18.7 Å². The molecule has 0 bridgehead atoms. The first-order chi connectivity index (χ1) is 9.06. The Labute approximate surface area is 108 Å². The molecule has 2 heterocycles. The van der Waals surface area contributed by atoms with Crippen LogP contribution in [-0.2, 0) is 20.8 Å². The van der Waals surface area contributed by atoms with Crippen molar-refractivity contribution in [1.29, 1.82) is 0 Å². The van der Waals surface area contributed by atoms with E-state index in [1.165, 1.54) is 6.33 Å². The lowest BCUT2D eigenvalue weighted by molar-refractivity contribution is -0.142. The number of hydrogen-bond acceptors (Lipinski definition) is 4. The van der Waals surface area contributed by atoms with Crippen molar-refractivity contribution in [2.45, 2.75) is 31.3 Å². The van der Waals surface area contributed by atoms with Crippen LogP contribution in [0, 0.1) is 0 Å². The molecule has 1 aromatic heterocycles. The van der Waals surface area contributed by atoms with Crippen molar-refractivity contribution in [3.63, 3.8) is 0 Å². The van der Waals surface area contributed by atoms with Gasteiger partial charge in [-0.05, 0) is 6.42 Å². The molecule has 0 radical (unpaired) electrons. The zero-order valence-electron chi connectivity index (χ0n) is 10.0. The second-order valence-electron chi connectivity index (χ2n) is 4.32. The number of rotatable bonds is 5. The van der Waals surface area contributed by atoms with Gasteiger partial charge in [-0.2, -0.15) is 0 Å². The Balaban J connectivity index is 1.95. The van der Waals surface area contributed by atoms with E-state index in [1.807, 2.05) is 0 Å². The molecule has 0 aromatic carbocycles. The number of carbonyl (C=O) groups is 3. The molecule has 2 rings (SSSR count). The number of carboxylic acid groups (broad SMARTS) is 1. The number of aromatic nitrogens is 2. The normalized spacial score (nSPS) is 19.8. The van der Waals surface area contributed by atoms with Crippen molar-refractivity contribution in [1.82, 2.24) is 20.6 Å². The highest BCUT2D eigenvalue weighted by atomic mass is 16.4. The van der Waals surface area contributed by atoms with Crippen LogP contribution in [0.25, 0.3) is 0 Å². The molecular weight excluding hydrogens is 252 g/mol. The van der Waals surface area contributed by atoms with Gasteiger partial charge in [0.1, 0.15) is 12.1 Å². The molecular formula is C11H14N4O4. The van der Waals surface area contributed by atoms with Gasteiger partial charge in [0, 0.05) is 19.0 Å². The topological polar surface area (TPSA) is 124 Å². The monoisotopic (exact) mass is 266 g/mol. The lowest BCUT2D eigenvalue weighted by atomic mass is 10.1. The van der Waals surface area contributed by atoms with Crippen LogP contribution < -0.4 is 10.6 Å². The standard InChI is InChI=1S/C11H14N4O4/c16-9-2-1-7(14-9)10(17)15-8(11(18)19)3-6-4-12-5-13-6/h4-5,7-8H,1-3H2,(H,12,13)(H,14,16)(H,15,17)(H,18,19)/t7-,8+/m1/s1. The minimum absolute atomic E-state index is 0.0885. The van der Waals surface area contributed by atoms with Crippen LogP contribution in [0.4, 0.5) is 0 Å². The van der Waals surface area contributed by atoms with Gasteiger partial charge in [0.15, 0.2) is 0 Å². The summed E-state index contributed by atoms with van der Waals surface area (Å²) < 4.78 is 0. The van der Waals surface area contributed by atoms with Gasteiger partial charge in [-0.15, -0.1) is 0 Å². The molecule has 0 unspecified atom stereocenters. The van der Waals surface area contributed by atoms with Gasteiger partial charge >= 0.3 is 5.97 Å². The van der Waals surface area contributed by atoms with Crippen molar-refractivity contribution < 1.29 is 19.5 Å². The molecule has 0 aliphatic carbocycles. The number of nitrogens with one attached hydrogen (secondary N) is 3. The summed E-state index contributed by atoms with van der Waals surface area (Å²) in [4.78, 5) is 40.6. The average Bonchev–Trinajstić information content (AvgIpc) is 2.99. The SMILES string of the molecule is O=C1CC[C@H](C(=O)N[C@@H](Cc2c[nH]cn2)C(=O)O)N1. The molecule has 19 heavy (non-hydrogen) atoms. The van der Waals surface area contributed by atoms with Gasteiger partial charge in [-0.1, -0.05) is 0 Å². The Hall–Kier alpha value is -2.38. The van der Waals surface area contributed by atoms with Crippen LogP contribution in [0.5, 0.6) is 0 Å². The summed E-state index contributed by atoms with van der Waals surface area (Å²) in [6.07, 6.45) is 3.77. The summed E-state index contributed by atoms with van der Waals surface area (Å²) >= 11 is 0. The summed E-state index contributed by atoms with van der Waals surface area (Å²) in [6.45, 7) is 0. The summed E-state index contributed by atoms with van der Waals surface area (Å²) in [5.41, 5.74) is 0.545. The van der Waals surface area contributed by atoms with Crippen molar-refractivity contribution in [2.75, 3.05) is 0 Å². The van der Waals surface area contributed by atoms with E-state index in [2.05, 4.69) is 20.6 Å². The van der Waals surface area contributed by atoms with E-state index in [1.54, 1.807) is 6.20 Å². The summed E-state index contributed by atoms with van der Waals surface area (Å²) in [7, 11) is 0. The molecule has 1 aliphatic heterocycles. The zero-order chi connectivity index (χ0) is 13.8. The van der Waals surface area contributed by atoms with Gasteiger partial charge in [-0.3, -0.25) is 9.59 Å². The van der Waals surface area contributed by atoms with Gasteiger partial charge in [0.25, 0.3) is 0 Å². The van der Waals surface area contributed by atoms with Crippen LogP contribution in [0.1, 0.15) is 18.5 Å². The maximum Gasteiger partial charge on any atom is 0.326 e. The number of nitrogens with zero attached hydrogens (tertiary/aromatic N) is 1. The number of amides is 2. The van der Waals surface area contributed by atoms with Crippen LogP contribution in [0.3, 0.4) is 0 Å². The van der Waals surface area contributed by atoms with E-state index in [4.69, 9.17) is 5.11 Å². The number of aromatic amines is 1. The second kappa shape index (κ2) is 5.51. The second-order valence-corrected chi connectivity index (χ2v) is 4.32. The van der Waals surface area contributed by atoms with Crippen LogP contribution in [0.2, 0.25) is 0 Å². The Morgan fingerprint density at radius 3 is 2.89 bits per heavy atom. The van der Waals surface area contributed by atoms with E-state index >= 15 is 0 Å². The number of hydrogen-bond donors (Lipinski definition) is 4. The summed E-state index contributed by atoms with van der Waals surface area (Å²) in [5, 5.41) is 14.0. The minimum Gasteiger partial charge on any atom is -0.480 e. The van der Waals surface area contributed by atoms with E-state index in [0.29, 0.717) is 12.1 Å². The highest BCUT2D eigenvalue weighted by Gasteiger charge is 2.30. The third-order valence-electron chi connectivity index (χ3n) is 2.89. The van der Waals surface area contributed by atoms with Gasteiger partial charge in [0.2, 0.25) is 11.8 Å². The van der Waals surface area contributed by atoms with Crippen molar-refractivity contribution in [3.05, 3.63) is 18.2 Å². The molecule has 2 atom stereocenters. The molecule has 102 valence electrons. The van der Waals surface area contributed by atoms with E-state index in [9.17, 15) is 14.4 Å². The lowest BCUT2D eigenvalue weighted by Gasteiger charge is -2.16. The number of carbonyl (C=O) groups excluding carboxylic acids is 2. The fourth-order valence-electron chi connectivity index (χ4n) is 1.89. The number of imidazole rings is 1. The zero-order valence-corrected chi connectivity index (χ0v) is 10.0. The molecule has 8 heteroatoms. The highest BCUT2D eigenvalue weighted by molar-refractivity contribution is 5.92. The first-order valence-corrected chi connectivity index (χ1v) is 5.86. The smallest absolute Gasteiger partial charge is 0.326 e. The molecule has 8 nitrogen and oxygen atoms in total. The largest absolute Gasteiger partial charge is 0.480 e. The lowest BCUT2D eigenvalue weighted by Crippen LogP contribution is -2.49. The van der Waals surface area contributed by atoms with E-state index in [0.717, 1.165) is 0 Å². The van der Waals surface area contributed by atoms with E-state index < -0.39 is 24.0 Å². The Bertz CT molecular complexity index is 485. The Morgan fingerprint density at radius 1 is 1.58 bits per heavy atom. The van der Waals surface area contributed by atoms with Crippen molar-refractivity contribution in [3.8, 4) is 0 Å². The average molecular weight is 266 g/mol. The van der Waals surface area contributed by atoms with Crippen LogP contribution in [-0.4, -0.2) is 44.9 Å². The third kappa shape index (κ3) is 3.30. The van der Waals surface area contributed by atoms with Crippen LogP contribution in [0.15, 0.2) is 12.5 Å².